The second-order valence-electron chi connectivity index (χ2n) is 4.67. The highest BCUT2D eigenvalue weighted by atomic mass is 127. The Kier molecular flexibility index (Phi) is 10.4. The van der Waals surface area contributed by atoms with Gasteiger partial charge in [-0.25, -0.2) is 0 Å². The van der Waals surface area contributed by atoms with Gasteiger partial charge in [0.05, 0.1) is 19.3 Å². The van der Waals surface area contributed by atoms with Crippen molar-refractivity contribution in [3.05, 3.63) is 11.9 Å². The summed E-state index contributed by atoms with van der Waals surface area (Å²) < 4.78 is 35.4. The van der Waals surface area contributed by atoms with E-state index in [-0.39, 0.29) is 12.4 Å². The minimum Gasteiger partial charge on any atom is -0.353 e. The molecule has 1 aliphatic heterocycles. The number of halogens is 1. The lowest BCUT2D eigenvalue weighted by Crippen LogP contribution is -2.27. The minimum atomic E-state index is -3.15. The molecule has 0 saturated carbocycles. The molecule has 124 valence electrons. The maximum atomic E-state index is 12.4. The zero-order valence-corrected chi connectivity index (χ0v) is 15.9. The molecule has 1 heterocycles. The number of alkyl halides is 1. The smallest absolute Gasteiger partial charge is 0.353 e. The highest BCUT2D eigenvalue weighted by molar-refractivity contribution is 14.1. The molecule has 0 bridgehead atoms. The molecule has 0 unspecified atom stereocenters. The molecule has 0 aromatic heterocycles. The lowest BCUT2D eigenvalue weighted by Gasteiger charge is -2.26. The third-order valence-electron chi connectivity index (χ3n) is 2.96. The standard InChI is InChI=1S/C14H26IO5P/c1-3-18-21(16,19-4-2)12-9-13(8-10-15)20-14-7-5-6-11-17-14/h9,12-14H,3-8,10-11H2,1-2H3/t13-,14+/m0/s1. The van der Waals surface area contributed by atoms with Crippen LogP contribution >= 0.6 is 30.2 Å². The van der Waals surface area contributed by atoms with Gasteiger partial charge in [-0.3, -0.25) is 4.57 Å². The highest BCUT2D eigenvalue weighted by Crippen LogP contribution is 2.49. The second kappa shape index (κ2) is 11.1. The van der Waals surface area contributed by atoms with Crippen LogP contribution in [-0.4, -0.2) is 36.6 Å². The van der Waals surface area contributed by atoms with Crippen LogP contribution in [0.2, 0.25) is 0 Å². The minimum absolute atomic E-state index is 0.126. The Balaban J connectivity index is 2.61. The molecular formula is C14H26IO5P. The molecular weight excluding hydrogens is 406 g/mol. The predicted octanol–water partition coefficient (Wildman–Crippen LogP) is 4.50. The van der Waals surface area contributed by atoms with Crippen LogP contribution in [0.1, 0.15) is 39.5 Å². The van der Waals surface area contributed by atoms with E-state index in [9.17, 15) is 4.57 Å². The molecule has 0 spiro atoms. The van der Waals surface area contributed by atoms with Crippen molar-refractivity contribution in [1.29, 1.82) is 0 Å². The first kappa shape index (κ1) is 19.6. The zero-order chi connectivity index (χ0) is 15.6. The maximum Gasteiger partial charge on any atom is 0.353 e. The van der Waals surface area contributed by atoms with E-state index >= 15 is 0 Å². The van der Waals surface area contributed by atoms with Crippen LogP contribution < -0.4 is 0 Å². The summed E-state index contributed by atoms with van der Waals surface area (Å²) in [5.41, 5.74) is 0. The Bertz CT molecular complexity index is 334. The van der Waals surface area contributed by atoms with Crippen molar-refractivity contribution in [3.63, 3.8) is 0 Å². The molecule has 1 aliphatic rings. The molecule has 21 heavy (non-hydrogen) atoms. The lowest BCUT2D eigenvalue weighted by atomic mass is 10.2. The van der Waals surface area contributed by atoms with Crippen LogP contribution in [0.5, 0.6) is 0 Å². The van der Waals surface area contributed by atoms with Crippen molar-refractivity contribution in [2.75, 3.05) is 24.2 Å². The summed E-state index contributed by atoms with van der Waals surface area (Å²) in [4.78, 5) is 0. The van der Waals surface area contributed by atoms with Crippen LogP contribution in [0.25, 0.3) is 0 Å². The first-order valence-electron chi connectivity index (χ1n) is 7.54. The van der Waals surface area contributed by atoms with Gasteiger partial charge in [0.15, 0.2) is 6.29 Å². The maximum absolute atomic E-state index is 12.4. The molecule has 5 nitrogen and oxygen atoms in total. The second-order valence-corrected chi connectivity index (χ2v) is 7.64. The summed E-state index contributed by atoms with van der Waals surface area (Å²) in [5.74, 6) is 1.53. The van der Waals surface area contributed by atoms with Gasteiger partial charge in [0.25, 0.3) is 0 Å². The van der Waals surface area contributed by atoms with E-state index in [4.69, 9.17) is 18.5 Å². The fourth-order valence-electron chi connectivity index (χ4n) is 2.02. The summed E-state index contributed by atoms with van der Waals surface area (Å²) in [7, 11) is -3.15. The number of hydrogen-bond donors (Lipinski definition) is 0. The molecule has 0 N–H and O–H groups in total. The summed E-state index contributed by atoms with van der Waals surface area (Å²) >= 11 is 2.30. The number of rotatable bonds is 10. The Morgan fingerprint density at radius 3 is 2.57 bits per heavy atom. The van der Waals surface area contributed by atoms with E-state index in [1.165, 1.54) is 5.82 Å². The molecule has 0 radical (unpaired) electrons. The van der Waals surface area contributed by atoms with Crippen molar-refractivity contribution in [3.8, 4) is 0 Å². The molecule has 0 amide bonds. The molecule has 0 aromatic carbocycles. The van der Waals surface area contributed by atoms with Crippen LogP contribution in [0.15, 0.2) is 11.9 Å². The third kappa shape index (κ3) is 8.09. The van der Waals surface area contributed by atoms with E-state index in [2.05, 4.69) is 22.6 Å². The molecule has 2 atom stereocenters. The van der Waals surface area contributed by atoms with Crippen LogP contribution in [0.3, 0.4) is 0 Å². The summed E-state index contributed by atoms with van der Waals surface area (Å²) in [6, 6.07) is 0. The van der Waals surface area contributed by atoms with Crippen molar-refractivity contribution >= 4 is 30.2 Å². The Morgan fingerprint density at radius 1 is 1.33 bits per heavy atom. The van der Waals surface area contributed by atoms with E-state index in [0.29, 0.717) is 13.2 Å². The van der Waals surface area contributed by atoms with Crippen LogP contribution in [0.4, 0.5) is 0 Å². The Morgan fingerprint density at radius 2 is 2.05 bits per heavy atom. The van der Waals surface area contributed by atoms with Gasteiger partial charge in [-0.1, -0.05) is 22.6 Å². The van der Waals surface area contributed by atoms with E-state index in [0.717, 1.165) is 36.7 Å². The van der Waals surface area contributed by atoms with Gasteiger partial charge in [-0.2, -0.15) is 0 Å². The van der Waals surface area contributed by atoms with Crippen molar-refractivity contribution in [2.45, 2.75) is 51.9 Å². The van der Waals surface area contributed by atoms with E-state index in [1.807, 2.05) is 0 Å². The molecule has 1 fully saturated rings. The third-order valence-corrected chi connectivity index (χ3v) is 5.36. The molecule has 0 aliphatic carbocycles. The quantitative estimate of drug-likeness (QED) is 0.289. The fraction of sp³-hybridized carbons (Fsp3) is 0.857. The number of hydrogen-bond acceptors (Lipinski definition) is 5. The van der Waals surface area contributed by atoms with Crippen LogP contribution in [-0.2, 0) is 23.1 Å². The molecule has 7 heteroatoms. The molecule has 1 saturated heterocycles. The first-order valence-corrected chi connectivity index (χ1v) is 10.7. The van der Waals surface area contributed by atoms with Gasteiger partial charge >= 0.3 is 7.60 Å². The van der Waals surface area contributed by atoms with E-state index < -0.39 is 7.60 Å². The van der Waals surface area contributed by atoms with Gasteiger partial charge in [0.1, 0.15) is 0 Å². The van der Waals surface area contributed by atoms with Gasteiger partial charge < -0.3 is 18.5 Å². The normalized spacial score (nSPS) is 21.8. The van der Waals surface area contributed by atoms with Gasteiger partial charge in [0.2, 0.25) is 0 Å². The zero-order valence-electron chi connectivity index (χ0n) is 12.8. The topological polar surface area (TPSA) is 54.0 Å². The Labute approximate surface area is 141 Å². The number of ether oxygens (including phenoxy) is 2. The monoisotopic (exact) mass is 432 g/mol. The largest absolute Gasteiger partial charge is 0.353 e. The SMILES string of the molecule is CCOP(=O)(C=C[C@H](CCI)O[C@@H]1CCCCO1)OCC. The van der Waals surface area contributed by atoms with Crippen LogP contribution in [0, 0.1) is 0 Å². The summed E-state index contributed by atoms with van der Waals surface area (Å²) in [6.45, 7) is 5.06. The van der Waals surface area contributed by atoms with Crippen molar-refractivity contribution in [2.24, 2.45) is 0 Å². The summed E-state index contributed by atoms with van der Waals surface area (Å²) in [5, 5.41) is 0. The predicted molar refractivity (Wildman–Crippen MR) is 92.0 cm³/mol. The van der Waals surface area contributed by atoms with Gasteiger partial charge in [0, 0.05) is 16.9 Å². The van der Waals surface area contributed by atoms with Crippen molar-refractivity contribution < 1.29 is 23.1 Å². The summed E-state index contributed by atoms with van der Waals surface area (Å²) in [6.07, 6.45) is 5.49. The highest BCUT2D eigenvalue weighted by Gasteiger charge is 2.22. The molecule has 0 aromatic rings. The van der Waals surface area contributed by atoms with E-state index in [1.54, 1.807) is 19.9 Å². The van der Waals surface area contributed by atoms with Gasteiger partial charge in [-0.05, 0) is 45.6 Å². The van der Waals surface area contributed by atoms with Gasteiger partial charge in [-0.15, -0.1) is 0 Å². The lowest BCUT2D eigenvalue weighted by molar-refractivity contribution is -0.178. The fourth-order valence-corrected chi connectivity index (χ4v) is 4.00. The first-order chi connectivity index (χ1) is 10.1. The average Bonchev–Trinajstić information content (AvgIpc) is 2.47. The van der Waals surface area contributed by atoms with Crippen molar-refractivity contribution in [1.82, 2.24) is 0 Å². The average molecular weight is 432 g/mol. The Hall–Kier alpha value is 0.540. The molecule has 1 rings (SSSR count).